The Morgan fingerprint density at radius 3 is 2.94 bits per heavy atom. The molecule has 0 bridgehead atoms. The molecule has 0 unspecified atom stereocenters. The fourth-order valence-corrected chi connectivity index (χ4v) is 3.10. The van der Waals surface area contributed by atoms with Crippen LogP contribution >= 0.6 is 11.3 Å². The Morgan fingerprint density at radius 1 is 1.61 bits per heavy atom. The first-order valence-electron chi connectivity index (χ1n) is 5.18. The van der Waals surface area contributed by atoms with Crippen molar-refractivity contribution in [1.29, 1.82) is 0 Å². The molecule has 0 aliphatic heterocycles. The highest BCUT2D eigenvalue weighted by Gasteiger charge is 2.19. The lowest BCUT2D eigenvalue weighted by atomic mass is 10.3. The van der Waals surface area contributed by atoms with Crippen LogP contribution in [0.1, 0.15) is 11.0 Å². The van der Waals surface area contributed by atoms with Crippen LogP contribution in [0.5, 0.6) is 0 Å². The second kappa shape index (κ2) is 5.19. The Balaban J connectivity index is 2.02. The van der Waals surface area contributed by atoms with E-state index in [9.17, 15) is 13.5 Å². The number of thiophene rings is 1. The molecule has 0 amide bonds. The zero-order valence-electron chi connectivity index (χ0n) is 9.65. The zero-order chi connectivity index (χ0) is 13.2. The van der Waals surface area contributed by atoms with Crippen LogP contribution in [0.3, 0.4) is 0 Å². The third-order valence-electron chi connectivity index (χ3n) is 2.29. The quantitative estimate of drug-likeness (QED) is 0.838. The van der Waals surface area contributed by atoms with Gasteiger partial charge in [0.2, 0.25) is 0 Å². The molecule has 6 nitrogen and oxygen atoms in total. The van der Waals surface area contributed by atoms with Gasteiger partial charge >= 0.3 is 0 Å². The predicted octanol–water partition coefficient (Wildman–Crippen LogP) is 0.493. The summed E-state index contributed by atoms with van der Waals surface area (Å²) in [6.07, 6.45) is 1.97. The molecule has 2 heterocycles. The molecule has 2 rings (SSSR count). The van der Waals surface area contributed by atoms with Crippen LogP contribution in [0.2, 0.25) is 0 Å². The smallest absolute Gasteiger partial charge is 0.259 e. The van der Waals surface area contributed by atoms with E-state index >= 15 is 0 Å². The standard InChI is InChI=1S/C10H13N3O3S2/c1-13-6-10(11-7-13)18(15,16)12-5-8(14)9-3-2-4-17-9/h2-4,6-8,12,14H,5H2,1H3/t8-/m0/s1. The van der Waals surface area contributed by atoms with Crippen molar-refractivity contribution in [3.63, 3.8) is 0 Å². The highest BCUT2D eigenvalue weighted by molar-refractivity contribution is 7.89. The molecule has 0 spiro atoms. The Hall–Kier alpha value is -1.22. The van der Waals surface area contributed by atoms with Gasteiger partial charge in [0.1, 0.15) is 6.10 Å². The summed E-state index contributed by atoms with van der Waals surface area (Å²) in [7, 11) is -1.98. The largest absolute Gasteiger partial charge is 0.386 e. The molecule has 18 heavy (non-hydrogen) atoms. The topological polar surface area (TPSA) is 84.2 Å². The van der Waals surface area contributed by atoms with Gasteiger partial charge in [-0.2, -0.15) is 0 Å². The van der Waals surface area contributed by atoms with Crippen molar-refractivity contribution in [3.8, 4) is 0 Å². The van der Waals surface area contributed by atoms with E-state index in [0.717, 1.165) is 4.88 Å². The lowest BCUT2D eigenvalue weighted by molar-refractivity contribution is 0.185. The molecule has 2 aromatic heterocycles. The van der Waals surface area contributed by atoms with Crippen molar-refractivity contribution in [3.05, 3.63) is 34.9 Å². The van der Waals surface area contributed by atoms with Gasteiger partial charge in [0.05, 0.1) is 6.33 Å². The number of rotatable bonds is 5. The highest BCUT2D eigenvalue weighted by Crippen LogP contribution is 2.18. The van der Waals surface area contributed by atoms with Crippen molar-refractivity contribution in [1.82, 2.24) is 14.3 Å². The third kappa shape index (κ3) is 2.96. The van der Waals surface area contributed by atoms with Gasteiger partial charge in [-0.25, -0.2) is 18.1 Å². The molecule has 0 saturated carbocycles. The van der Waals surface area contributed by atoms with E-state index < -0.39 is 16.1 Å². The number of hydrogen-bond acceptors (Lipinski definition) is 5. The minimum atomic E-state index is -3.66. The molecule has 2 aromatic rings. The second-order valence-electron chi connectivity index (χ2n) is 3.76. The first-order valence-corrected chi connectivity index (χ1v) is 7.54. The Kier molecular flexibility index (Phi) is 3.81. The summed E-state index contributed by atoms with van der Waals surface area (Å²) in [6, 6.07) is 3.56. The van der Waals surface area contributed by atoms with E-state index in [1.807, 2.05) is 5.38 Å². The van der Waals surface area contributed by atoms with Crippen LogP contribution in [0.15, 0.2) is 35.1 Å². The predicted molar refractivity (Wildman–Crippen MR) is 67.7 cm³/mol. The van der Waals surface area contributed by atoms with Crippen LogP contribution < -0.4 is 4.72 Å². The monoisotopic (exact) mass is 287 g/mol. The molecule has 0 saturated heterocycles. The van der Waals surface area contributed by atoms with E-state index in [1.54, 1.807) is 23.7 Å². The molecule has 0 aliphatic carbocycles. The van der Waals surface area contributed by atoms with Crippen LogP contribution in [0.4, 0.5) is 0 Å². The maximum atomic E-state index is 11.8. The first kappa shape index (κ1) is 13.2. The van der Waals surface area contributed by atoms with Gasteiger partial charge in [-0.15, -0.1) is 11.3 Å². The highest BCUT2D eigenvalue weighted by atomic mass is 32.2. The van der Waals surface area contributed by atoms with Crippen molar-refractivity contribution >= 4 is 21.4 Å². The number of aromatic nitrogens is 2. The van der Waals surface area contributed by atoms with E-state index in [4.69, 9.17) is 0 Å². The van der Waals surface area contributed by atoms with Gasteiger partial charge in [-0.1, -0.05) is 6.07 Å². The van der Waals surface area contributed by atoms with Crippen LogP contribution in [-0.2, 0) is 17.1 Å². The molecular formula is C10H13N3O3S2. The number of aryl methyl sites for hydroxylation is 1. The van der Waals surface area contributed by atoms with Gasteiger partial charge < -0.3 is 9.67 Å². The summed E-state index contributed by atoms with van der Waals surface area (Å²) in [6.45, 7) is -0.0700. The Morgan fingerprint density at radius 2 is 2.39 bits per heavy atom. The van der Waals surface area contributed by atoms with Gasteiger partial charge in [0.15, 0.2) is 5.03 Å². The summed E-state index contributed by atoms with van der Waals surface area (Å²) < 4.78 is 27.5. The van der Waals surface area contributed by atoms with Crippen molar-refractivity contribution in [2.24, 2.45) is 7.05 Å². The fraction of sp³-hybridized carbons (Fsp3) is 0.300. The van der Waals surface area contributed by atoms with E-state index in [0.29, 0.717) is 0 Å². The second-order valence-corrected chi connectivity index (χ2v) is 6.45. The first-order chi connectivity index (χ1) is 8.49. The van der Waals surface area contributed by atoms with Crippen molar-refractivity contribution in [2.45, 2.75) is 11.1 Å². The van der Waals surface area contributed by atoms with E-state index in [2.05, 4.69) is 9.71 Å². The summed E-state index contributed by atoms with van der Waals surface area (Å²) in [5.74, 6) is 0. The third-order valence-corrected chi connectivity index (χ3v) is 4.58. The van der Waals surface area contributed by atoms with Gasteiger partial charge in [0, 0.05) is 24.7 Å². The summed E-state index contributed by atoms with van der Waals surface area (Å²) in [5, 5.41) is 11.6. The summed E-state index contributed by atoms with van der Waals surface area (Å²) in [4.78, 5) is 4.48. The van der Waals surface area contributed by atoms with Gasteiger partial charge in [0.25, 0.3) is 10.0 Å². The van der Waals surface area contributed by atoms with Crippen molar-refractivity contribution < 1.29 is 13.5 Å². The summed E-state index contributed by atoms with van der Waals surface area (Å²) >= 11 is 1.38. The minimum Gasteiger partial charge on any atom is -0.386 e. The number of aliphatic hydroxyl groups excluding tert-OH is 1. The Labute approximate surface area is 109 Å². The zero-order valence-corrected chi connectivity index (χ0v) is 11.3. The SMILES string of the molecule is Cn1cnc(S(=O)(=O)NC[C@H](O)c2cccs2)c1. The molecule has 0 aromatic carbocycles. The number of sulfonamides is 1. The van der Waals surface area contributed by atoms with E-state index in [-0.39, 0.29) is 11.6 Å². The maximum Gasteiger partial charge on any atom is 0.259 e. The molecular weight excluding hydrogens is 274 g/mol. The molecule has 0 aliphatic rings. The van der Waals surface area contributed by atoms with Crippen molar-refractivity contribution in [2.75, 3.05) is 6.54 Å². The Bertz CT molecular complexity index is 604. The normalized spacial score (nSPS) is 13.7. The average molecular weight is 287 g/mol. The lowest BCUT2D eigenvalue weighted by Crippen LogP contribution is -2.28. The lowest BCUT2D eigenvalue weighted by Gasteiger charge is -2.09. The maximum absolute atomic E-state index is 11.8. The molecule has 1 atom stereocenters. The van der Waals surface area contributed by atoms with Crippen LogP contribution in [-0.4, -0.2) is 29.6 Å². The molecule has 8 heteroatoms. The molecule has 0 radical (unpaired) electrons. The number of nitrogens with one attached hydrogen (secondary N) is 1. The molecule has 0 fully saturated rings. The number of nitrogens with zero attached hydrogens (tertiary/aromatic N) is 2. The number of aliphatic hydroxyl groups is 1. The van der Waals surface area contributed by atoms with Crippen LogP contribution in [0.25, 0.3) is 0 Å². The molecule has 2 N–H and O–H groups in total. The number of imidazole rings is 1. The van der Waals surface area contributed by atoms with Gasteiger partial charge in [-0.05, 0) is 11.4 Å². The minimum absolute atomic E-state index is 0.0524. The van der Waals surface area contributed by atoms with Crippen LogP contribution in [0, 0.1) is 0 Å². The summed E-state index contributed by atoms with van der Waals surface area (Å²) in [5.41, 5.74) is 0. The average Bonchev–Trinajstić information content (AvgIpc) is 2.96. The van der Waals surface area contributed by atoms with E-state index in [1.165, 1.54) is 23.9 Å². The van der Waals surface area contributed by atoms with Gasteiger partial charge in [-0.3, -0.25) is 0 Å². The number of hydrogen-bond donors (Lipinski definition) is 2. The molecule has 98 valence electrons. The fourth-order valence-electron chi connectivity index (χ4n) is 1.37.